The molecule has 0 radical (unpaired) electrons. The second-order valence-corrected chi connectivity index (χ2v) is 7.67. The summed E-state index contributed by atoms with van der Waals surface area (Å²) in [5.41, 5.74) is 1.82. The minimum atomic E-state index is 0.0242. The highest BCUT2D eigenvalue weighted by molar-refractivity contribution is 7.20. The van der Waals surface area contributed by atoms with Crippen molar-refractivity contribution >= 4 is 33.8 Å². The molecule has 28 heavy (non-hydrogen) atoms. The Labute approximate surface area is 168 Å². The maximum absolute atomic E-state index is 12.8. The van der Waals surface area contributed by atoms with Crippen LogP contribution in [0.1, 0.15) is 20.9 Å². The number of carbonyl (C=O) groups is 2. The van der Waals surface area contributed by atoms with Crippen LogP contribution in [0.5, 0.6) is 5.75 Å². The smallest absolute Gasteiger partial charge is 0.293 e. The van der Waals surface area contributed by atoms with E-state index in [1.165, 1.54) is 17.0 Å². The molecule has 3 rings (SSSR count). The number of thiophene rings is 1. The second kappa shape index (κ2) is 9.03. The molecule has 0 saturated heterocycles. The first-order chi connectivity index (χ1) is 13.5. The molecule has 0 unspecified atom stereocenters. The Morgan fingerprint density at radius 1 is 1.21 bits per heavy atom. The predicted octanol–water partition coefficient (Wildman–Crippen LogP) is 3.36. The predicted molar refractivity (Wildman–Crippen MR) is 110 cm³/mol. The van der Waals surface area contributed by atoms with Gasteiger partial charge in [0.25, 0.3) is 6.47 Å². The third-order valence-corrected chi connectivity index (χ3v) is 5.89. The highest BCUT2D eigenvalue weighted by Gasteiger charge is 2.16. The lowest BCUT2D eigenvalue weighted by atomic mass is 10.1. The molecule has 0 amide bonds. The molecule has 0 aliphatic carbocycles. The van der Waals surface area contributed by atoms with Crippen molar-refractivity contribution in [2.24, 2.45) is 0 Å². The summed E-state index contributed by atoms with van der Waals surface area (Å²) in [5.74, 6) is 0.758. The van der Waals surface area contributed by atoms with Gasteiger partial charge in [-0.25, -0.2) is 0 Å². The molecule has 0 bridgehead atoms. The van der Waals surface area contributed by atoms with Gasteiger partial charge < -0.3 is 18.9 Å². The van der Waals surface area contributed by atoms with Crippen molar-refractivity contribution in [2.75, 3.05) is 33.9 Å². The number of likely N-dealkylation sites (N-methyl/N-ethyl adjacent to an activating group) is 1. The van der Waals surface area contributed by atoms with Crippen molar-refractivity contribution in [2.45, 2.75) is 13.5 Å². The van der Waals surface area contributed by atoms with Crippen molar-refractivity contribution in [1.29, 1.82) is 0 Å². The molecule has 0 N–H and O–H groups in total. The van der Waals surface area contributed by atoms with Crippen LogP contribution < -0.4 is 4.74 Å². The van der Waals surface area contributed by atoms with Crippen molar-refractivity contribution in [1.82, 2.24) is 9.47 Å². The lowest BCUT2D eigenvalue weighted by molar-refractivity contribution is -0.129. The Balaban J connectivity index is 1.74. The minimum Gasteiger partial charge on any atom is -0.497 e. The molecule has 0 saturated carbocycles. The molecule has 148 valence electrons. The van der Waals surface area contributed by atoms with E-state index in [1.54, 1.807) is 31.4 Å². The van der Waals surface area contributed by atoms with Gasteiger partial charge in [-0.05, 0) is 50.4 Å². The zero-order valence-electron chi connectivity index (χ0n) is 16.3. The van der Waals surface area contributed by atoms with Gasteiger partial charge in [-0.3, -0.25) is 9.59 Å². The van der Waals surface area contributed by atoms with E-state index in [9.17, 15) is 9.59 Å². The van der Waals surface area contributed by atoms with Gasteiger partial charge in [-0.1, -0.05) is 0 Å². The third-order valence-electron chi connectivity index (χ3n) is 4.72. The monoisotopic (exact) mass is 400 g/mol. The van der Waals surface area contributed by atoms with Crippen molar-refractivity contribution in [3.05, 3.63) is 52.5 Å². The van der Waals surface area contributed by atoms with E-state index >= 15 is 0 Å². The van der Waals surface area contributed by atoms with E-state index in [-0.39, 0.29) is 5.78 Å². The molecule has 3 aromatic rings. The lowest BCUT2D eigenvalue weighted by Gasteiger charge is -2.17. The molecule has 2 aromatic heterocycles. The number of aryl methyl sites for hydroxylation is 1. The average Bonchev–Trinajstić information content (AvgIpc) is 3.23. The van der Waals surface area contributed by atoms with Crippen molar-refractivity contribution in [3.63, 3.8) is 0 Å². The average molecular weight is 401 g/mol. The molecule has 0 aliphatic rings. The van der Waals surface area contributed by atoms with Crippen molar-refractivity contribution < 1.29 is 19.1 Å². The van der Waals surface area contributed by atoms with Crippen LogP contribution in [0.2, 0.25) is 0 Å². The van der Waals surface area contributed by atoms with Crippen LogP contribution >= 0.6 is 11.3 Å². The fourth-order valence-corrected chi connectivity index (χ4v) is 4.27. The van der Waals surface area contributed by atoms with Crippen LogP contribution in [-0.4, -0.2) is 55.6 Å². The molecule has 6 nitrogen and oxygen atoms in total. The standard InChI is InChI=1S/C21H24N2O4S/c1-15-12-17-13-19(20(25)16-4-6-18(26-3)7-5-16)28-21(17)23(15)9-8-22(2)10-11-27-14-24/h4-7,12-14H,8-11H2,1-3H3. The molecule has 0 spiro atoms. The Morgan fingerprint density at radius 3 is 2.64 bits per heavy atom. The SMILES string of the molecule is COc1ccc(C(=O)c2cc3cc(C)n(CCN(C)CCOC=O)c3s2)cc1. The van der Waals surface area contributed by atoms with Crippen LogP contribution in [0.3, 0.4) is 0 Å². The van der Waals surface area contributed by atoms with E-state index in [1.807, 2.05) is 13.1 Å². The summed E-state index contributed by atoms with van der Waals surface area (Å²) in [6.45, 7) is 5.26. The second-order valence-electron chi connectivity index (χ2n) is 6.64. The van der Waals surface area contributed by atoms with Gasteiger partial charge in [0.1, 0.15) is 17.2 Å². The zero-order valence-corrected chi connectivity index (χ0v) is 17.1. The van der Waals surface area contributed by atoms with Crippen LogP contribution in [-0.2, 0) is 16.1 Å². The fraction of sp³-hybridized carbons (Fsp3) is 0.333. The summed E-state index contributed by atoms with van der Waals surface area (Å²) in [5, 5.41) is 1.09. The van der Waals surface area contributed by atoms with Gasteiger partial charge in [-0.15, -0.1) is 11.3 Å². The Morgan fingerprint density at radius 2 is 1.96 bits per heavy atom. The van der Waals surface area contributed by atoms with E-state index in [4.69, 9.17) is 9.47 Å². The van der Waals surface area contributed by atoms with E-state index < -0.39 is 0 Å². The molecule has 0 aliphatic heterocycles. The number of methoxy groups -OCH3 is 1. The number of aromatic nitrogens is 1. The summed E-state index contributed by atoms with van der Waals surface area (Å²) in [7, 11) is 3.61. The summed E-state index contributed by atoms with van der Waals surface area (Å²) >= 11 is 1.52. The van der Waals surface area contributed by atoms with Crippen LogP contribution in [0.4, 0.5) is 0 Å². The van der Waals surface area contributed by atoms with Crippen LogP contribution in [0.15, 0.2) is 36.4 Å². The summed E-state index contributed by atoms with van der Waals surface area (Å²) in [6, 6.07) is 11.3. The highest BCUT2D eigenvalue weighted by atomic mass is 32.1. The Bertz CT molecular complexity index is 959. The number of benzene rings is 1. The third kappa shape index (κ3) is 4.43. The number of hydrogen-bond donors (Lipinski definition) is 0. The van der Waals surface area contributed by atoms with Gasteiger partial charge in [0.05, 0.1) is 12.0 Å². The van der Waals surface area contributed by atoms with Gasteiger partial charge in [0.2, 0.25) is 5.78 Å². The lowest BCUT2D eigenvalue weighted by Crippen LogP contribution is -2.27. The highest BCUT2D eigenvalue weighted by Crippen LogP contribution is 2.30. The van der Waals surface area contributed by atoms with Crippen LogP contribution in [0, 0.1) is 6.92 Å². The number of nitrogens with zero attached hydrogens (tertiary/aromatic N) is 2. The zero-order chi connectivity index (χ0) is 20.1. The largest absolute Gasteiger partial charge is 0.497 e. The van der Waals surface area contributed by atoms with Gasteiger partial charge in [0, 0.05) is 36.3 Å². The molecule has 1 aromatic carbocycles. The Kier molecular flexibility index (Phi) is 6.49. The van der Waals surface area contributed by atoms with Gasteiger partial charge in [0.15, 0.2) is 0 Å². The topological polar surface area (TPSA) is 60.8 Å². The number of ether oxygens (including phenoxy) is 2. The fourth-order valence-electron chi connectivity index (χ4n) is 3.09. The van der Waals surface area contributed by atoms with E-state index in [0.717, 1.165) is 33.9 Å². The number of hydrogen-bond acceptors (Lipinski definition) is 6. The number of rotatable bonds is 10. The number of ketones is 1. The maximum Gasteiger partial charge on any atom is 0.293 e. The molecule has 0 atom stereocenters. The molecule has 2 heterocycles. The van der Waals surface area contributed by atoms with Gasteiger partial charge in [-0.2, -0.15) is 0 Å². The van der Waals surface area contributed by atoms with Crippen LogP contribution in [0.25, 0.3) is 10.2 Å². The van der Waals surface area contributed by atoms with E-state index in [2.05, 4.69) is 22.5 Å². The summed E-state index contributed by atoms with van der Waals surface area (Å²) in [4.78, 5) is 27.0. The summed E-state index contributed by atoms with van der Waals surface area (Å²) < 4.78 is 12.1. The maximum atomic E-state index is 12.8. The first-order valence-electron chi connectivity index (χ1n) is 9.05. The first kappa shape index (κ1) is 20.1. The first-order valence-corrected chi connectivity index (χ1v) is 9.87. The van der Waals surface area contributed by atoms with Crippen molar-refractivity contribution in [3.8, 4) is 5.75 Å². The molecule has 7 heteroatoms. The minimum absolute atomic E-state index is 0.0242. The normalized spacial score (nSPS) is 11.1. The quantitative estimate of drug-likeness (QED) is 0.297. The molecule has 0 fully saturated rings. The molecular weight excluding hydrogens is 376 g/mol. The van der Waals surface area contributed by atoms with Gasteiger partial charge >= 0.3 is 0 Å². The molecular formula is C21H24N2O4S. The number of carbonyl (C=O) groups excluding carboxylic acids is 2. The number of fused-ring (bicyclic) bond motifs is 1. The van der Waals surface area contributed by atoms with E-state index in [0.29, 0.717) is 25.2 Å². The Hall–Kier alpha value is -2.64. The summed E-state index contributed by atoms with van der Waals surface area (Å²) in [6.07, 6.45) is 0.